The van der Waals surface area contributed by atoms with Crippen molar-refractivity contribution in [3.8, 4) is 5.75 Å². The fraction of sp³-hybridized carbons (Fsp3) is 0.385. The molecule has 0 aliphatic rings. The van der Waals surface area contributed by atoms with Gasteiger partial charge in [-0.25, -0.2) is 0 Å². The van der Waals surface area contributed by atoms with Crippen LogP contribution in [-0.4, -0.2) is 33.7 Å². The summed E-state index contributed by atoms with van der Waals surface area (Å²) in [4.78, 5) is 0. The molecule has 2 N–H and O–H groups in total. The molecule has 1 aromatic carbocycles. The van der Waals surface area contributed by atoms with Crippen molar-refractivity contribution in [2.24, 2.45) is 12.8 Å². The Labute approximate surface area is 117 Å². The normalized spacial score (nSPS) is 10.6. The maximum Gasteiger partial charge on any atom is 0.191 e. The van der Waals surface area contributed by atoms with Crippen molar-refractivity contribution < 1.29 is 4.74 Å². The van der Waals surface area contributed by atoms with Crippen LogP contribution in [0.25, 0.3) is 0 Å². The van der Waals surface area contributed by atoms with Gasteiger partial charge in [0, 0.05) is 19.2 Å². The highest BCUT2D eigenvalue weighted by Crippen LogP contribution is 2.16. The van der Waals surface area contributed by atoms with E-state index in [1.54, 1.807) is 11.8 Å². The summed E-state index contributed by atoms with van der Waals surface area (Å²) in [6.07, 6.45) is 0.755. The Kier molecular flexibility index (Phi) is 5.23. The zero-order valence-electron chi connectivity index (χ0n) is 11.0. The van der Waals surface area contributed by atoms with E-state index in [4.69, 9.17) is 10.5 Å². The minimum Gasteiger partial charge on any atom is -0.493 e. The fourth-order valence-corrected chi connectivity index (χ4v) is 2.37. The van der Waals surface area contributed by atoms with Gasteiger partial charge in [0.15, 0.2) is 5.16 Å². The van der Waals surface area contributed by atoms with Gasteiger partial charge in [0.2, 0.25) is 0 Å². The Hall–Kier alpha value is -1.53. The van der Waals surface area contributed by atoms with Gasteiger partial charge in [-0.1, -0.05) is 30.0 Å². The van der Waals surface area contributed by atoms with Crippen molar-refractivity contribution in [1.29, 1.82) is 0 Å². The molecule has 0 bridgehead atoms. The summed E-state index contributed by atoms with van der Waals surface area (Å²) < 4.78 is 7.61. The maximum atomic E-state index is 5.62. The molecule has 0 saturated heterocycles. The Bertz CT molecular complexity index is 501. The van der Waals surface area contributed by atoms with Crippen molar-refractivity contribution in [3.05, 3.63) is 36.2 Å². The first-order valence-electron chi connectivity index (χ1n) is 6.20. The lowest BCUT2D eigenvalue weighted by Crippen LogP contribution is -2.08. The van der Waals surface area contributed by atoms with Crippen molar-refractivity contribution >= 4 is 11.8 Å². The molecule has 5 nitrogen and oxygen atoms in total. The lowest BCUT2D eigenvalue weighted by atomic mass is 10.3. The number of rotatable bonds is 7. The number of thioether (sulfide) groups is 1. The van der Waals surface area contributed by atoms with Crippen molar-refractivity contribution in [2.45, 2.75) is 11.6 Å². The van der Waals surface area contributed by atoms with Crippen molar-refractivity contribution in [2.75, 3.05) is 18.9 Å². The Balaban J connectivity index is 1.77. The summed E-state index contributed by atoms with van der Waals surface area (Å²) in [6.45, 7) is 1.24. The van der Waals surface area contributed by atoms with Crippen LogP contribution in [0, 0.1) is 0 Å². The second-order valence-corrected chi connectivity index (χ2v) is 5.07. The van der Waals surface area contributed by atoms with Crippen LogP contribution in [0.4, 0.5) is 0 Å². The van der Waals surface area contributed by atoms with Crippen LogP contribution in [-0.2, 0) is 13.5 Å². The maximum absolute atomic E-state index is 5.62. The summed E-state index contributed by atoms with van der Waals surface area (Å²) in [7, 11) is 1.96. The van der Waals surface area contributed by atoms with Gasteiger partial charge in [0.1, 0.15) is 11.6 Å². The first-order chi connectivity index (χ1) is 9.31. The van der Waals surface area contributed by atoms with Crippen LogP contribution in [0.1, 0.15) is 5.82 Å². The monoisotopic (exact) mass is 278 g/mol. The number of nitrogens with two attached hydrogens (primary N) is 1. The third-order valence-electron chi connectivity index (χ3n) is 2.62. The second-order valence-electron chi connectivity index (χ2n) is 4.01. The molecule has 2 rings (SSSR count). The van der Waals surface area contributed by atoms with E-state index in [2.05, 4.69) is 10.2 Å². The van der Waals surface area contributed by atoms with Gasteiger partial charge < -0.3 is 15.0 Å². The first kappa shape index (κ1) is 13.9. The minimum atomic E-state index is 0.591. The van der Waals surface area contributed by atoms with E-state index in [1.165, 1.54) is 0 Å². The molecular weight excluding hydrogens is 260 g/mol. The number of benzene rings is 1. The molecule has 0 radical (unpaired) electrons. The van der Waals surface area contributed by atoms with E-state index >= 15 is 0 Å². The highest BCUT2D eigenvalue weighted by molar-refractivity contribution is 7.99. The molecule has 1 aromatic heterocycles. The van der Waals surface area contributed by atoms with Gasteiger partial charge in [-0.15, -0.1) is 10.2 Å². The number of hydrogen-bond donors (Lipinski definition) is 1. The fourth-order valence-electron chi connectivity index (χ4n) is 1.63. The van der Waals surface area contributed by atoms with Crippen LogP contribution >= 0.6 is 11.8 Å². The molecule has 6 heteroatoms. The van der Waals surface area contributed by atoms with Crippen LogP contribution < -0.4 is 10.5 Å². The topological polar surface area (TPSA) is 66.0 Å². The van der Waals surface area contributed by atoms with Crippen LogP contribution in [0.15, 0.2) is 35.5 Å². The smallest absolute Gasteiger partial charge is 0.191 e. The van der Waals surface area contributed by atoms with Crippen molar-refractivity contribution in [3.63, 3.8) is 0 Å². The molecule has 0 saturated carbocycles. The van der Waals surface area contributed by atoms with Gasteiger partial charge in [-0.2, -0.15) is 0 Å². The van der Waals surface area contributed by atoms with E-state index in [9.17, 15) is 0 Å². The molecule has 0 aliphatic carbocycles. The molecule has 1 heterocycles. The largest absolute Gasteiger partial charge is 0.493 e. The molecule has 0 fully saturated rings. The van der Waals surface area contributed by atoms with Crippen LogP contribution in [0.5, 0.6) is 5.75 Å². The number of para-hydroxylation sites is 1. The zero-order valence-corrected chi connectivity index (χ0v) is 11.8. The molecule has 0 unspecified atom stereocenters. The predicted molar refractivity (Wildman–Crippen MR) is 76.4 cm³/mol. The van der Waals surface area contributed by atoms with Crippen LogP contribution in [0.3, 0.4) is 0 Å². The Morgan fingerprint density at radius 2 is 2.05 bits per heavy atom. The quantitative estimate of drug-likeness (QED) is 0.614. The lowest BCUT2D eigenvalue weighted by molar-refractivity contribution is 0.344. The third-order valence-corrected chi connectivity index (χ3v) is 3.60. The highest BCUT2D eigenvalue weighted by atomic mass is 32.2. The van der Waals surface area contributed by atoms with Gasteiger partial charge >= 0.3 is 0 Å². The van der Waals surface area contributed by atoms with Gasteiger partial charge in [-0.3, -0.25) is 0 Å². The van der Waals surface area contributed by atoms with Crippen molar-refractivity contribution in [1.82, 2.24) is 14.8 Å². The SMILES string of the molecule is Cn1c(CCN)nnc1SCCOc1ccccc1. The van der Waals surface area contributed by atoms with E-state index < -0.39 is 0 Å². The first-order valence-corrected chi connectivity index (χ1v) is 7.19. The molecule has 19 heavy (non-hydrogen) atoms. The van der Waals surface area contributed by atoms with E-state index in [0.29, 0.717) is 13.2 Å². The Morgan fingerprint density at radius 1 is 1.26 bits per heavy atom. The number of nitrogens with zero attached hydrogens (tertiary/aromatic N) is 3. The van der Waals surface area contributed by atoms with Crippen LogP contribution in [0.2, 0.25) is 0 Å². The molecule has 0 atom stereocenters. The average molecular weight is 278 g/mol. The molecule has 2 aromatic rings. The molecular formula is C13H18N4OS. The number of aromatic nitrogens is 3. The number of ether oxygens (including phenoxy) is 1. The Morgan fingerprint density at radius 3 is 2.79 bits per heavy atom. The van der Waals surface area contributed by atoms with Gasteiger partial charge in [0.05, 0.1) is 6.61 Å². The summed E-state index contributed by atoms with van der Waals surface area (Å²) in [5, 5.41) is 9.16. The summed E-state index contributed by atoms with van der Waals surface area (Å²) in [5.74, 6) is 2.66. The molecule has 0 aliphatic heterocycles. The lowest BCUT2D eigenvalue weighted by Gasteiger charge is -2.05. The van der Waals surface area contributed by atoms with Gasteiger partial charge in [-0.05, 0) is 18.7 Å². The second kappa shape index (κ2) is 7.16. The molecule has 0 amide bonds. The van der Waals surface area contributed by atoms with Gasteiger partial charge in [0.25, 0.3) is 0 Å². The minimum absolute atomic E-state index is 0.591. The average Bonchev–Trinajstić information content (AvgIpc) is 2.78. The molecule has 0 spiro atoms. The summed E-state index contributed by atoms with van der Waals surface area (Å²) in [5.41, 5.74) is 5.52. The summed E-state index contributed by atoms with van der Waals surface area (Å²) in [6, 6.07) is 9.80. The standard InChI is InChI=1S/C13H18N4OS/c1-17-12(7-8-14)15-16-13(17)19-10-9-18-11-5-3-2-4-6-11/h2-6H,7-10,14H2,1H3. The van der Waals surface area contributed by atoms with E-state index in [0.717, 1.165) is 28.9 Å². The van der Waals surface area contributed by atoms with E-state index in [1.807, 2.05) is 41.9 Å². The third kappa shape index (κ3) is 3.97. The zero-order chi connectivity index (χ0) is 13.5. The summed E-state index contributed by atoms with van der Waals surface area (Å²) >= 11 is 1.64. The molecule has 102 valence electrons. The highest BCUT2D eigenvalue weighted by Gasteiger charge is 2.07. The number of hydrogen-bond acceptors (Lipinski definition) is 5. The van der Waals surface area contributed by atoms with E-state index in [-0.39, 0.29) is 0 Å². The predicted octanol–water partition coefficient (Wildman–Crippen LogP) is 1.49.